The molecule has 5 heteroatoms. The predicted octanol–water partition coefficient (Wildman–Crippen LogP) is 1.68. The van der Waals surface area contributed by atoms with Crippen LogP contribution in [0.15, 0.2) is 24.3 Å². The highest BCUT2D eigenvalue weighted by molar-refractivity contribution is 7.99. The van der Waals surface area contributed by atoms with Crippen LogP contribution >= 0.6 is 11.8 Å². The normalized spacial score (nSPS) is 11.6. The average molecular weight is 278 g/mol. The molecular weight excluding hydrogens is 260 g/mol. The van der Waals surface area contributed by atoms with Crippen molar-refractivity contribution in [1.82, 2.24) is 5.32 Å². The van der Waals surface area contributed by atoms with Crippen LogP contribution < -0.4 is 5.32 Å². The van der Waals surface area contributed by atoms with Gasteiger partial charge >= 0.3 is 0 Å². The number of carbonyl (C=O) groups excluding carboxylic acids is 1. The highest BCUT2D eigenvalue weighted by atomic mass is 32.2. The van der Waals surface area contributed by atoms with Crippen LogP contribution in [0.25, 0.3) is 0 Å². The maximum atomic E-state index is 11.5. The molecular formula is C14H18N2O2S. The molecule has 0 spiro atoms. The molecule has 0 fully saturated rings. The van der Waals surface area contributed by atoms with Gasteiger partial charge in [-0.2, -0.15) is 5.26 Å². The van der Waals surface area contributed by atoms with Crippen molar-refractivity contribution in [2.24, 2.45) is 0 Å². The maximum absolute atomic E-state index is 11.5. The molecule has 1 aromatic rings. The molecule has 1 atom stereocenters. The first-order chi connectivity index (χ1) is 9.11. The van der Waals surface area contributed by atoms with Gasteiger partial charge in [-0.25, -0.2) is 0 Å². The molecule has 0 heterocycles. The van der Waals surface area contributed by atoms with Crippen LogP contribution in [0.4, 0.5) is 0 Å². The van der Waals surface area contributed by atoms with Crippen LogP contribution in [0.1, 0.15) is 24.5 Å². The van der Waals surface area contributed by atoms with Gasteiger partial charge in [0.05, 0.1) is 23.5 Å². The van der Waals surface area contributed by atoms with Gasteiger partial charge in [0, 0.05) is 12.3 Å². The number of aliphatic hydroxyl groups excluding tert-OH is 1. The fourth-order valence-electron chi connectivity index (χ4n) is 1.41. The van der Waals surface area contributed by atoms with E-state index in [2.05, 4.69) is 11.4 Å². The van der Waals surface area contributed by atoms with E-state index in [4.69, 9.17) is 10.4 Å². The fourth-order valence-corrected chi connectivity index (χ4v) is 2.23. The Morgan fingerprint density at radius 3 is 2.74 bits per heavy atom. The predicted molar refractivity (Wildman–Crippen MR) is 76.6 cm³/mol. The monoisotopic (exact) mass is 278 g/mol. The van der Waals surface area contributed by atoms with E-state index in [1.54, 1.807) is 19.1 Å². The maximum Gasteiger partial charge on any atom is 0.230 e. The lowest BCUT2D eigenvalue weighted by Crippen LogP contribution is -2.28. The third-order valence-corrected chi connectivity index (χ3v) is 3.47. The number of hydrogen-bond acceptors (Lipinski definition) is 4. The van der Waals surface area contributed by atoms with Crippen molar-refractivity contribution in [2.75, 3.05) is 12.3 Å². The van der Waals surface area contributed by atoms with E-state index in [0.29, 0.717) is 24.3 Å². The van der Waals surface area contributed by atoms with Crippen molar-refractivity contribution >= 4 is 17.7 Å². The van der Waals surface area contributed by atoms with E-state index in [1.807, 2.05) is 12.1 Å². The van der Waals surface area contributed by atoms with Gasteiger partial charge in [-0.15, -0.1) is 11.8 Å². The Morgan fingerprint density at radius 2 is 2.16 bits per heavy atom. The van der Waals surface area contributed by atoms with Gasteiger partial charge in [-0.1, -0.05) is 12.1 Å². The average Bonchev–Trinajstić information content (AvgIpc) is 2.39. The minimum atomic E-state index is -0.383. The van der Waals surface area contributed by atoms with Crippen molar-refractivity contribution < 1.29 is 9.90 Å². The van der Waals surface area contributed by atoms with Crippen molar-refractivity contribution in [3.05, 3.63) is 35.4 Å². The van der Waals surface area contributed by atoms with E-state index < -0.39 is 0 Å². The molecule has 0 aliphatic rings. The zero-order chi connectivity index (χ0) is 14.1. The molecule has 0 radical (unpaired) electrons. The van der Waals surface area contributed by atoms with Crippen LogP contribution in [0, 0.1) is 11.3 Å². The van der Waals surface area contributed by atoms with Gasteiger partial charge in [0.25, 0.3) is 0 Å². The van der Waals surface area contributed by atoms with Crippen molar-refractivity contribution in [2.45, 2.75) is 25.2 Å². The SMILES string of the molecule is CC(O)CCNC(=O)CSCc1ccc(C#N)cc1. The summed E-state index contributed by atoms with van der Waals surface area (Å²) in [4.78, 5) is 11.5. The summed E-state index contributed by atoms with van der Waals surface area (Å²) in [6, 6.07) is 9.42. The van der Waals surface area contributed by atoms with Crippen molar-refractivity contribution in [1.29, 1.82) is 5.26 Å². The topological polar surface area (TPSA) is 73.1 Å². The van der Waals surface area contributed by atoms with Gasteiger partial charge in [-0.3, -0.25) is 4.79 Å². The van der Waals surface area contributed by atoms with E-state index in [-0.39, 0.29) is 12.0 Å². The Hall–Kier alpha value is -1.51. The Morgan fingerprint density at radius 1 is 1.47 bits per heavy atom. The summed E-state index contributed by atoms with van der Waals surface area (Å²) in [6.07, 6.45) is 0.193. The number of nitrogens with zero attached hydrogens (tertiary/aromatic N) is 1. The molecule has 1 rings (SSSR count). The first-order valence-corrected chi connectivity index (χ1v) is 7.29. The van der Waals surface area contributed by atoms with Crippen LogP contribution in [-0.4, -0.2) is 29.4 Å². The molecule has 0 aliphatic heterocycles. The van der Waals surface area contributed by atoms with Crippen LogP contribution in [-0.2, 0) is 10.5 Å². The number of hydrogen-bond donors (Lipinski definition) is 2. The van der Waals surface area contributed by atoms with Gasteiger partial charge in [0.2, 0.25) is 5.91 Å². The first-order valence-electron chi connectivity index (χ1n) is 6.13. The number of rotatable bonds is 7. The lowest BCUT2D eigenvalue weighted by molar-refractivity contribution is -0.118. The Labute approximate surface area is 117 Å². The summed E-state index contributed by atoms with van der Waals surface area (Å²) < 4.78 is 0. The largest absolute Gasteiger partial charge is 0.393 e. The molecule has 1 unspecified atom stereocenters. The van der Waals surface area contributed by atoms with Crippen LogP contribution in [0.2, 0.25) is 0 Å². The number of nitrogens with one attached hydrogen (secondary N) is 1. The molecule has 2 N–H and O–H groups in total. The molecule has 1 aromatic carbocycles. The molecule has 0 saturated heterocycles. The summed E-state index contributed by atoms with van der Waals surface area (Å²) in [5.41, 5.74) is 1.74. The second-order valence-corrected chi connectivity index (χ2v) is 5.27. The number of carbonyl (C=O) groups is 1. The summed E-state index contributed by atoms with van der Waals surface area (Å²) in [6.45, 7) is 2.21. The Kier molecular flexibility index (Phi) is 7.01. The molecule has 0 bridgehead atoms. The van der Waals surface area contributed by atoms with Gasteiger partial charge < -0.3 is 10.4 Å². The number of thioether (sulfide) groups is 1. The van der Waals surface area contributed by atoms with Crippen molar-refractivity contribution in [3.8, 4) is 6.07 Å². The van der Waals surface area contributed by atoms with Crippen LogP contribution in [0.5, 0.6) is 0 Å². The van der Waals surface area contributed by atoms with Gasteiger partial charge in [0.1, 0.15) is 0 Å². The molecule has 102 valence electrons. The van der Waals surface area contributed by atoms with E-state index >= 15 is 0 Å². The number of aliphatic hydroxyl groups is 1. The van der Waals surface area contributed by atoms with E-state index in [1.165, 1.54) is 11.8 Å². The molecule has 0 aromatic heterocycles. The third-order valence-electron chi connectivity index (χ3n) is 2.47. The summed E-state index contributed by atoms with van der Waals surface area (Å²) >= 11 is 1.53. The molecule has 19 heavy (non-hydrogen) atoms. The highest BCUT2D eigenvalue weighted by Gasteiger charge is 2.03. The number of amides is 1. The smallest absolute Gasteiger partial charge is 0.230 e. The lowest BCUT2D eigenvalue weighted by atomic mass is 10.2. The fraction of sp³-hybridized carbons (Fsp3) is 0.429. The van der Waals surface area contributed by atoms with Crippen LogP contribution in [0.3, 0.4) is 0 Å². The second kappa shape index (κ2) is 8.57. The van der Waals surface area contributed by atoms with Gasteiger partial charge in [-0.05, 0) is 31.0 Å². The highest BCUT2D eigenvalue weighted by Crippen LogP contribution is 2.12. The van der Waals surface area contributed by atoms with E-state index in [9.17, 15) is 4.79 Å². The number of benzene rings is 1. The first kappa shape index (κ1) is 15.5. The zero-order valence-corrected chi connectivity index (χ0v) is 11.7. The number of nitriles is 1. The van der Waals surface area contributed by atoms with Gasteiger partial charge in [0.15, 0.2) is 0 Å². The summed E-state index contributed by atoms with van der Waals surface area (Å²) in [5.74, 6) is 1.13. The third kappa shape index (κ3) is 6.85. The molecule has 1 amide bonds. The standard InChI is InChI=1S/C14H18N2O2S/c1-11(17)6-7-16-14(18)10-19-9-13-4-2-12(8-15)3-5-13/h2-5,11,17H,6-7,9-10H2,1H3,(H,16,18). The molecule has 4 nitrogen and oxygen atoms in total. The summed E-state index contributed by atoms with van der Waals surface area (Å²) in [5, 5.41) is 20.5. The zero-order valence-electron chi connectivity index (χ0n) is 10.9. The second-order valence-electron chi connectivity index (χ2n) is 4.29. The molecule has 0 aliphatic carbocycles. The minimum Gasteiger partial charge on any atom is -0.393 e. The Bertz CT molecular complexity index is 438. The molecule has 0 saturated carbocycles. The Balaban J connectivity index is 2.19. The van der Waals surface area contributed by atoms with E-state index in [0.717, 1.165) is 11.3 Å². The van der Waals surface area contributed by atoms with Crippen molar-refractivity contribution in [3.63, 3.8) is 0 Å². The minimum absolute atomic E-state index is 0.0145. The quantitative estimate of drug-likeness (QED) is 0.796. The lowest BCUT2D eigenvalue weighted by Gasteiger charge is -2.06. The summed E-state index contributed by atoms with van der Waals surface area (Å²) in [7, 11) is 0.